The summed E-state index contributed by atoms with van der Waals surface area (Å²) >= 11 is 0. The number of nitrogens with one attached hydrogen (secondary N) is 1. The molecule has 0 unspecified atom stereocenters. The van der Waals surface area contributed by atoms with Crippen LogP contribution in [0, 0.1) is 0 Å². The van der Waals surface area contributed by atoms with E-state index in [1.165, 1.54) is 7.05 Å². The van der Waals surface area contributed by atoms with E-state index in [-0.39, 0.29) is 5.88 Å². The topological polar surface area (TPSA) is 92.4 Å². The van der Waals surface area contributed by atoms with Gasteiger partial charge in [0.2, 0.25) is 0 Å². The van der Waals surface area contributed by atoms with Crippen molar-refractivity contribution in [2.45, 2.75) is 0 Å². The van der Waals surface area contributed by atoms with E-state index in [9.17, 15) is 8.42 Å². The molecular weight excluding hydrogens is 204 g/mol. The van der Waals surface area contributed by atoms with E-state index in [1.54, 1.807) is 0 Å². The normalized spacial score (nSPS) is 10.1. The summed E-state index contributed by atoms with van der Waals surface area (Å²) in [5, 5.41) is 2.27. The molecule has 0 aliphatic carbocycles. The van der Waals surface area contributed by atoms with Crippen LogP contribution in [0.2, 0.25) is 0 Å². The van der Waals surface area contributed by atoms with Crippen LogP contribution in [-0.2, 0) is 10.1 Å². The largest absolute Gasteiger partial charge is 0.399 e. The van der Waals surface area contributed by atoms with Gasteiger partial charge in [-0.3, -0.25) is 4.55 Å². The lowest BCUT2D eigenvalue weighted by Crippen LogP contribution is -2.17. The minimum absolute atomic E-state index is 0.382. The Labute approximate surface area is 83.7 Å². The molecular formula is C8H14N2O3S. The van der Waals surface area contributed by atoms with E-state index in [2.05, 4.69) is 5.32 Å². The molecule has 1 aromatic carbocycles. The number of anilines is 1. The average molecular weight is 218 g/mol. The van der Waals surface area contributed by atoms with Crippen LogP contribution in [0.3, 0.4) is 0 Å². The third kappa shape index (κ3) is 8.98. The first-order valence-corrected chi connectivity index (χ1v) is 5.47. The number of benzene rings is 1. The van der Waals surface area contributed by atoms with E-state index < -0.39 is 10.1 Å². The molecule has 4 N–H and O–H groups in total. The Kier molecular flexibility index (Phi) is 5.86. The Morgan fingerprint density at radius 1 is 1.36 bits per heavy atom. The van der Waals surface area contributed by atoms with Crippen LogP contribution in [0.1, 0.15) is 0 Å². The molecule has 0 heterocycles. The zero-order valence-corrected chi connectivity index (χ0v) is 8.66. The fourth-order valence-electron chi connectivity index (χ4n) is 0.635. The minimum Gasteiger partial charge on any atom is -0.399 e. The van der Waals surface area contributed by atoms with Gasteiger partial charge in [0.1, 0.15) is 5.88 Å². The van der Waals surface area contributed by atoms with Crippen molar-refractivity contribution in [2.75, 3.05) is 18.7 Å². The van der Waals surface area contributed by atoms with Gasteiger partial charge < -0.3 is 11.1 Å². The molecule has 0 radical (unpaired) electrons. The predicted molar refractivity (Wildman–Crippen MR) is 56.3 cm³/mol. The maximum Gasteiger partial charge on any atom is 0.278 e. The van der Waals surface area contributed by atoms with Gasteiger partial charge in [0, 0.05) is 5.69 Å². The molecule has 1 aromatic rings. The summed E-state index contributed by atoms with van der Waals surface area (Å²) in [6, 6.07) is 9.49. The lowest BCUT2D eigenvalue weighted by Gasteiger charge is -1.89. The molecule has 0 fully saturated rings. The fourth-order valence-corrected chi connectivity index (χ4v) is 1.00. The molecule has 0 saturated carbocycles. The molecule has 0 aromatic heterocycles. The van der Waals surface area contributed by atoms with Crippen LogP contribution in [0.25, 0.3) is 0 Å². The van der Waals surface area contributed by atoms with Crippen LogP contribution in [0.15, 0.2) is 30.3 Å². The summed E-state index contributed by atoms with van der Waals surface area (Å²) in [6.45, 7) is 0. The van der Waals surface area contributed by atoms with Gasteiger partial charge in [0.15, 0.2) is 0 Å². The summed E-state index contributed by atoms with van der Waals surface area (Å²) in [4.78, 5) is 0. The Morgan fingerprint density at radius 2 is 1.86 bits per heavy atom. The molecule has 0 amide bonds. The van der Waals surface area contributed by atoms with Crippen LogP contribution in [-0.4, -0.2) is 25.9 Å². The van der Waals surface area contributed by atoms with Gasteiger partial charge in [-0.1, -0.05) is 18.2 Å². The number of rotatable bonds is 2. The van der Waals surface area contributed by atoms with Crippen LogP contribution in [0.5, 0.6) is 0 Å². The molecule has 5 nitrogen and oxygen atoms in total. The third-order valence-corrected chi connectivity index (χ3v) is 1.78. The molecule has 0 spiro atoms. The lowest BCUT2D eigenvalue weighted by molar-refractivity contribution is 0.479. The smallest absolute Gasteiger partial charge is 0.278 e. The van der Waals surface area contributed by atoms with Gasteiger partial charge in [0.05, 0.1) is 0 Å². The van der Waals surface area contributed by atoms with Gasteiger partial charge in [-0.25, -0.2) is 0 Å². The zero-order chi connectivity index (χ0) is 11.0. The van der Waals surface area contributed by atoms with Crippen molar-refractivity contribution in [1.82, 2.24) is 5.32 Å². The molecule has 80 valence electrons. The Morgan fingerprint density at radius 3 is 2.00 bits per heavy atom. The molecule has 6 heteroatoms. The highest BCUT2D eigenvalue weighted by Gasteiger charge is 1.97. The first kappa shape index (κ1) is 12.9. The summed E-state index contributed by atoms with van der Waals surface area (Å²) in [7, 11) is -2.35. The van der Waals surface area contributed by atoms with Crippen molar-refractivity contribution >= 4 is 15.8 Å². The number of nitrogens with two attached hydrogens (primary N) is 1. The number of para-hydroxylation sites is 1. The average Bonchev–Trinajstić information content (AvgIpc) is 2.04. The zero-order valence-electron chi connectivity index (χ0n) is 7.84. The maximum atomic E-state index is 9.72. The number of nitrogen functional groups attached to an aromatic ring is 1. The first-order valence-electron chi connectivity index (χ1n) is 3.86. The highest BCUT2D eigenvalue weighted by Crippen LogP contribution is 1.95. The SMILES string of the molecule is CNCS(=O)(=O)O.Nc1ccccc1. The Bertz CT molecular complexity index is 337. The fraction of sp³-hybridized carbons (Fsp3) is 0.250. The van der Waals surface area contributed by atoms with Gasteiger partial charge in [-0.15, -0.1) is 0 Å². The van der Waals surface area contributed by atoms with E-state index >= 15 is 0 Å². The van der Waals surface area contributed by atoms with Gasteiger partial charge in [-0.2, -0.15) is 8.42 Å². The molecule has 0 saturated heterocycles. The predicted octanol–water partition coefficient (Wildman–Crippen LogP) is 0.320. The molecule has 1 rings (SSSR count). The van der Waals surface area contributed by atoms with Gasteiger partial charge in [0.25, 0.3) is 10.1 Å². The molecule has 14 heavy (non-hydrogen) atoms. The summed E-state index contributed by atoms with van der Waals surface area (Å²) < 4.78 is 27.4. The molecule has 0 aliphatic heterocycles. The second-order valence-electron chi connectivity index (χ2n) is 2.49. The van der Waals surface area contributed by atoms with Crippen molar-refractivity contribution < 1.29 is 13.0 Å². The molecule has 0 bridgehead atoms. The third-order valence-electron chi connectivity index (χ3n) is 1.13. The van der Waals surface area contributed by atoms with E-state index in [1.807, 2.05) is 30.3 Å². The monoisotopic (exact) mass is 218 g/mol. The Hall–Kier alpha value is -1.11. The van der Waals surface area contributed by atoms with Crippen molar-refractivity contribution in [3.63, 3.8) is 0 Å². The second kappa shape index (κ2) is 6.36. The summed E-state index contributed by atoms with van der Waals surface area (Å²) in [6.07, 6.45) is 0. The summed E-state index contributed by atoms with van der Waals surface area (Å²) in [5.74, 6) is -0.382. The minimum atomic E-state index is -3.79. The summed E-state index contributed by atoms with van der Waals surface area (Å²) in [5.41, 5.74) is 6.18. The quantitative estimate of drug-likeness (QED) is 0.491. The molecule has 0 atom stereocenters. The standard InChI is InChI=1S/C6H7N.C2H7NO3S/c7-6-4-2-1-3-5-6;1-3-2-7(4,5)6/h1-5H,7H2;3H,2H2,1H3,(H,4,5,6). The van der Waals surface area contributed by atoms with Crippen molar-refractivity contribution in [2.24, 2.45) is 0 Å². The van der Waals surface area contributed by atoms with Crippen LogP contribution in [0.4, 0.5) is 5.69 Å². The van der Waals surface area contributed by atoms with E-state index in [4.69, 9.17) is 10.3 Å². The Balaban J connectivity index is 0.000000241. The van der Waals surface area contributed by atoms with Gasteiger partial charge >= 0.3 is 0 Å². The van der Waals surface area contributed by atoms with Gasteiger partial charge in [-0.05, 0) is 19.2 Å². The molecule has 0 aliphatic rings. The number of hydrogen-bond donors (Lipinski definition) is 3. The highest BCUT2D eigenvalue weighted by molar-refractivity contribution is 7.85. The highest BCUT2D eigenvalue weighted by atomic mass is 32.2. The van der Waals surface area contributed by atoms with E-state index in [0.29, 0.717) is 0 Å². The van der Waals surface area contributed by atoms with Crippen LogP contribution >= 0.6 is 0 Å². The van der Waals surface area contributed by atoms with Crippen molar-refractivity contribution in [3.05, 3.63) is 30.3 Å². The van der Waals surface area contributed by atoms with E-state index in [0.717, 1.165) is 5.69 Å². The first-order chi connectivity index (χ1) is 6.45. The number of hydrogen-bond acceptors (Lipinski definition) is 4. The van der Waals surface area contributed by atoms with Crippen LogP contribution < -0.4 is 11.1 Å². The maximum absolute atomic E-state index is 9.72. The van der Waals surface area contributed by atoms with Crippen molar-refractivity contribution in [1.29, 1.82) is 0 Å². The second-order valence-corrected chi connectivity index (χ2v) is 3.94. The lowest BCUT2D eigenvalue weighted by atomic mass is 10.3. The van der Waals surface area contributed by atoms with Crippen molar-refractivity contribution in [3.8, 4) is 0 Å².